The molecule has 2 atom stereocenters. The Labute approximate surface area is 117 Å². The maximum Gasteiger partial charge on any atom is 0.122 e. The van der Waals surface area contributed by atoms with Crippen LogP contribution in [0.3, 0.4) is 0 Å². The predicted molar refractivity (Wildman–Crippen MR) is 77.7 cm³/mol. The lowest BCUT2D eigenvalue weighted by atomic mass is 9.87. The first kappa shape index (κ1) is 12.6. The Hall–Kier alpha value is -1.39. The van der Waals surface area contributed by atoms with Crippen molar-refractivity contribution in [2.24, 2.45) is 5.73 Å². The summed E-state index contributed by atoms with van der Waals surface area (Å²) in [5.74, 6) is 1.49. The minimum atomic E-state index is 0.0149. The van der Waals surface area contributed by atoms with Gasteiger partial charge in [-0.1, -0.05) is 18.2 Å². The molecule has 0 aliphatic carbocycles. The van der Waals surface area contributed by atoms with E-state index in [2.05, 4.69) is 22.5 Å². The number of aromatic nitrogens is 1. The van der Waals surface area contributed by atoms with Crippen LogP contribution in [0.5, 0.6) is 5.75 Å². The number of thiazole rings is 1. The number of benzene rings is 1. The second-order valence-electron chi connectivity index (χ2n) is 5.01. The number of fused-ring (bicyclic) bond motifs is 1. The number of rotatable bonds is 3. The molecule has 2 heterocycles. The van der Waals surface area contributed by atoms with Crippen LogP contribution in [0.15, 0.2) is 29.6 Å². The second-order valence-corrected chi connectivity index (χ2v) is 6.07. The van der Waals surface area contributed by atoms with Crippen LogP contribution in [0.2, 0.25) is 0 Å². The highest BCUT2D eigenvalue weighted by Gasteiger charge is 2.24. The van der Waals surface area contributed by atoms with Gasteiger partial charge >= 0.3 is 0 Å². The quantitative estimate of drug-likeness (QED) is 0.933. The molecule has 0 bridgehead atoms. The van der Waals surface area contributed by atoms with E-state index in [1.807, 2.05) is 19.1 Å². The van der Waals surface area contributed by atoms with Crippen molar-refractivity contribution in [1.29, 1.82) is 0 Å². The highest BCUT2D eigenvalue weighted by Crippen LogP contribution is 2.38. The SMILES string of the molecule is Cc1nc(C(N)CC2CCOc3ccccc32)cs1. The molecule has 3 rings (SSSR count). The second kappa shape index (κ2) is 5.31. The van der Waals surface area contributed by atoms with Crippen molar-refractivity contribution < 1.29 is 4.74 Å². The molecule has 0 saturated carbocycles. The maximum absolute atomic E-state index is 6.30. The molecule has 0 saturated heterocycles. The molecule has 1 aromatic heterocycles. The highest BCUT2D eigenvalue weighted by atomic mass is 32.1. The van der Waals surface area contributed by atoms with Crippen LogP contribution in [-0.2, 0) is 0 Å². The van der Waals surface area contributed by atoms with Crippen LogP contribution >= 0.6 is 11.3 Å². The van der Waals surface area contributed by atoms with Crippen molar-refractivity contribution >= 4 is 11.3 Å². The van der Waals surface area contributed by atoms with Gasteiger partial charge in [0.15, 0.2) is 0 Å². The fourth-order valence-electron chi connectivity index (χ4n) is 2.64. The third kappa shape index (κ3) is 2.65. The molecule has 2 aromatic rings. The molecular weight excluding hydrogens is 256 g/mol. The van der Waals surface area contributed by atoms with Gasteiger partial charge in [0.2, 0.25) is 0 Å². The topological polar surface area (TPSA) is 48.1 Å². The Bertz CT molecular complexity index is 567. The molecule has 1 aliphatic rings. The summed E-state index contributed by atoms with van der Waals surface area (Å²) >= 11 is 1.66. The fraction of sp³-hybridized carbons (Fsp3) is 0.400. The lowest BCUT2D eigenvalue weighted by Gasteiger charge is -2.27. The molecule has 4 heteroatoms. The first-order valence-corrected chi connectivity index (χ1v) is 7.51. The summed E-state index contributed by atoms with van der Waals surface area (Å²) in [4.78, 5) is 4.49. The molecule has 1 aliphatic heterocycles. The van der Waals surface area contributed by atoms with Crippen molar-refractivity contribution in [1.82, 2.24) is 4.98 Å². The Kier molecular flexibility index (Phi) is 3.53. The largest absolute Gasteiger partial charge is 0.493 e. The van der Waals surface area contributed by atoms with Crippen molar-refractivity contribution in [2.75, 3.05) is 6.61 Å². The molecule has 19 heavy (non-hydrogen) atoms. The number of nitrogens with zero attached hydrogens (tertiary/aromatic N) is 1. The summed E-state index contributed by atoms with van der Waals surface area (Å²) in [6, 6.07) is 8.29. The summed E-state index contributed by atoms with van der Waals surface area (Å²) < 4.78 is 5.69. The molecule has 3 nitrogen and oxygen atoms in total. The number of hydrogen-bond donors (Lipinski definition) is 1. The molecule has 0 amide bonds. The van der Waals surface area contributed by atoms with Gasteiger partial charge in [-0.2, -0.15) is 0 Å². The molecule has 2 N–H and O–H groups in total. The van der Waals surface area contributed by atoms with E-state index in [0.29, 0.717) is 5.92 Å². The summed E-state index contributed by atoms with van der Waals surface area (Å²) in [5.41, 5.74) is 8.61. The van der Waals surface area contributed by atoms with Gasteiger partial charge in [-0.15, -0.1) is 11.3 Å². The van der Waals surface area contributed by atoms with Crippen LogP contribution in [0.25, 0.3) is 0 Å². The lowest BCUT2D eigenvalue weighted by Crippen LogP contribution is -2.20. The minimum Gasteiger partial charge on any atom is -0.493 e. The predicted octanol–water partition coefficient (Wildman–Crippen LogP) is 3.41. The van der Waals surface area contributed by atoms with E-state index >= 15 is 0 Å². The average Bonchev–Trinajstić information content (AvgIpc) is 2.86. The molecule has 0 spiro atoms. The van der Waals surface area contributed by atoms with Crippen molar-refractivity contribution in [3.8, 4) is 5.75 Å². The Morgan fingerprint density at radius 2 is 2.32 bits per heavy atom. The number of nitrogens with two attached hydrogens (primary N) is 1. The highest BCUT2D eigenvalue weighted by molar-refractivity contribution is 7.09. The van der Waals surface area contributed by atoms with Crippen molar-refractivity contribution in [3.05, 3.63) is 45.9 Å². The molecule has 1 aromatic carbocycles. The minimum absolute atomic E-state index is 0.0149. The van der Waals surface area contributed by atoms with Crippen molar-refractivity contribution in [3.63, 3.8) is 0 Å². The third-order valence-corrected chi connectivity index (χ3v) is 4.43. The van der Waals surface area contributed by atoms with Gasteiger partial charge in [-0.05, 0) is 37.3 Å². The van der Waals surface area contributed by atoms with E-state index in [4.69, 9.17) is 10.5 Å². The summed E-state index contributed by atoms with van der Waals surface area (Å²) in [6.07, 6.45) is 1.97. The number of aryl methyl sites for hydroxylation is 1. The van der Waals surface area contributed by atoms with Crippen LogP contribution in [0.1, 0.15) is 41.1 Å². The summed E-state index contributed by atoms with van der Waals surface area (Å²) in [6.45, 7) is 2.80. The lowest BCUT2D eigenvalue weighted by molar-refractivity contribution is 0.259. The van der Waals surface area contributed by atoms with E-state index in [0.717, 1.165) is 35.9 Å². The zero-order valence-corrected chi connectivity index (χ0v) is 11.8. The Morgan fingerprint density at radius 1 is 1.47 bits per heavy atom. The monoisotopic (exact) mass is 274 g/mol. The first-order valence-electron chi connectivity index (χ1n) is 6.63. The van der Waals surface area contributed by atoms with Crippen molar-refractivity contribution in [2.45, 2.75) is 31.7 Å². The van der Waals surface area contributed by atoms with Gasteiger partial charge in [-0.25, -0.2) is 4.98 Å². The van der Waals surface area contributed by atoms with Gasteiger partial charge in [0.25, 0.3) is 0 Å². The van der Waals surface area contributed by atoms with Gasteiger partial charge in [0.1, 0.15) is 5.75 Å². The first-order chi connectivity index (χ1) is 9.24. The van der Waals surface area contributed by atoms with Gasteiger partial charge < -0.3 is 10.5 Å². The van der Waals surface area contributed by atoms with Gasteiger partial charge in [-0.3, -0.25) is 0 Å². The summed E-state index contributed by atoms with van der Waals surface area (Å²) in [7, 11) is 0. The van der Waals surface area contributed by atoms with E-state index in [1.165, 1.54) is 5.56 Å². The molecular formula is C15H18N2OS. The van der Waals surface area contributed by atoms with Gasteiger partial charge in [0, 0.05) is 11.4 Å². The molecule has 100 valence electrons. The number of hydrogen-bond acceptors (Lipinski definition) is 4. The van der Waals surface area contributed by atoms with Crippen LogP contribution in [0.4, 0.5) is 0 Å². The van der Waals surface area contributed by atoms with Crippen LogP contribution in [-0.4, -0.2) is 11.6 Å². The standard InChI is InChI=1S/C15H18N2OS/c1-10-17-14(9-19-10)13(16)8-11-6-7-18-15-5-3-2-4-12(11)15/h2-5,9,11,13H,6-8,16H2,1H3. The van der Waals surface area contributed by atoms with E-state index in [-0.39, 0.29) is 6.04 Å². The summed E-state index contributed by atoms with van der Waals surface area (Å²) in [5, 5.41) is 3.16. The van der Waals surface area contributed by atoms with E-state index in [1.54, 1.807) is 11.3 Å². The molecule has 0 radical (unpaired) electrons. The fourth-order valence-corrected chi connectivity index (χ4v) is 3.32. The van der Waals surface area contributed by atoms with Crippen LogP contribution in [0, 0.1) is 6.92 Å². The Balaban J connectivity index is 1.77. The molecule has 0 fully saturated rings. The van der Waals surface area contributed by atoms with E-state index in [9.17, 15) is 0 Å². The zero-order valence-electron chi connectivity index (χ0n) is 11.0. The van der Waals surface area contributed by atoms with E-state index < -0.39 is 0 Å². The maximum atomic E-state index is 6.30. The normalized spacial score (nSPS) is 19.6. The third-order valence-electron chi connectivity index (χ3n) is 3.64. The number of ether oxygens (including phenoxy) is 1. The smallest absolute Gasteiger partial charge is 0.122 e. The Morgan fingerprint density at radius 3 is 3.11 bits per heavy atom. The number of para-hydroxylation sites is 1. The zero-order chi connectivity index (χ0) is 13.2. The molecule has 2 unspecified atom stereocenters. The average molecular weight is 274 g/mol. The van der Waals surface area contributed by atoms with Gasteiger partial charge in [0.05, 0.1) is 17.3 Å². The van der Waals surface area contributed by atoms with Crippen LogP contribution < -0.4 is 10.5 Å².